The molecule has 8 rings (SSSR count). The van der Waals surface area contributed by atoms with E-state index in [1.807, 2.05) is 91.0 Å². The monoisotopic (exact) mass is 640 g/mol. The molecule has 4 heterocycles. The van der Waals surface area contributed by atoms with Crippen molar-refractivity contribution in [1.29, 1.82) is 0 Å². The average Bonchev–Trinajstić information content (AvgIpc) is 3.46. The van der Waals surface area contributed by atoms with E-state index < -0.39 is 0 Å². The Kier molecular flexibility index (Phi) is 7.35. The molecule has 1 aliphatic rings. The number of aryl methyl sites for hydroxylation is 2. The van der Waals surface area contributed by atoms with Crippen molar-refractivity contribution >= 4 is 56.8 Å². The predicted molar refractivity (Wildman–Crippen MR) is 190 cm³/mol. The van der Waals surface area contributed by atoms with Gasteiger partial charge in [-0.3, -0.25) is 14.1 Å². The van der Waals surface area contributed by atoms with Crippen LogP contribution in [0.15, 0.2) is 102 Å². The lowest BCUT2D eigenvalue weighted by molar-refractivity contribution is 0.250. The maximum atomic E-state index is 14.1. The van der Waals surface area contributed by atoms with E-state index >= 15 is 0 Å². The highest BCUT2D eigenvalue weighted by molar-refractivity contribution is 6.30. The van der Waals surface area contributed by atoms with Gasteiger partial charge in [0, 0.05) is 55.3 Å². The molecule has 4 aromatic carbocycles. The molecular weight excluding hydrogens is 608 g/mol. The number of fused-ring (bicyclic) bond motifs is 5. The third-order valence-corrected chi connectivity index (χ3v) is 9.21. The van der Waals surface area contributed by atoms with Gasteiger partial charge in [-0.25, -0.2) is 14.5 Å². The topological polar surface area (TPSA) is 83.6 Å². The zero-order chi connectivity index (χ0) is 32.1. The number of hydrogen-bond acceptors (Lipinski definition) is 7. The molecule has 0 bridgehead atoms. The second-order valence-electron chi connectivity index (χ2n) is 12.1. The molecule has 0 amide bonds. The highest BCUT2D eigenvalue weighted by Gasteiger charge is 2.21. The predicted octanol–water partition coefficient (Wildman–Crippen LogP) is 6.92. The van der Waals surface area contributed by atoms with Gasteiger partial charge in [0.25, 0.3) is 5.56 Å². The maximum absolute atomic E-state index is 14.1. The van der Waals surface area contributed by atoms with Gasteiger partial charge in [-0.05, 0) is 79.1 Å². The number of nitrogens with one attached hydrogen (secondary N) is 1. The molecule has 0 radical (unpaired) electrons. The summed E-state index contributed by atoms with van der Waals surface area (Å²) in [7, 11) is 0. The van der Waals surface area contributed by atoms with Gasteiger partial charge >= 0.3 is 0 Å². The van der Waals surface area contributed by atoms with Gasteiger partial charge in [-0.2, -0.15) is 4.98 Å². The second-order valence-corrected chi connectivity index (χ2v) is 12.5. The molecule has 1 saturated heterocycles. The molecule has 234 valence electrons. The minimum atomic E-state index is -0.205. The molecule has 0 aliphatic carbocycles. The fraction of sp³-hybridized carbons (Fsp3) is 0.189. The summed E-state index contributed by atoms with van der Waals surface area (Å²) in [6.07, 6.45) is 1.61. The molecule has 47 heavy (non-hydrogen) atoms. The zero-order valence-electron chi connectivity index (χ0n) is 26.2. The summed E-state index contributed by atoms with van der Waals surface area (Å²) in [6, 6.07) is 30.3. The Morgan fingerprint density at radius 2 is 1.57 bits per heavy atom. The highest BCUT2D eigenvalue weighted by Crippen LogP contribution is 2.27. The third kappa shape index (κ3) is 5.37. The first-order valence-electron chi connectivity index (χ1n) is 15.8. The van der Waals surface area contributed by atoms with Crippen LogP contribution in [-0.2, 0) is 6.54 Å². The van der Waals surface area contributed by atoms with Crippen molar-refractivity contribution in [3.63, 3.8) is 0 Å². The number of nitrogens with zero attached hydrogens (tertiary/aromatic N) is 7. The molecule has 7 aromatic rings. The van der Waals surface area contributed by atoms with Crippen LogP contribution < -0.4 is 15.8 Å². The van der Waals surface area contributed by atoms with E-state index in [1.54, 1.807) is 10.8 Å². The van der Waals surface area contributed by atoms with Crippen LogP contribution in [-0.4, -0.2) is 55.0 Å². The summed E-state index contributed by atoms with van der Waals surface area (Å²) in [5, 5.41) is 4.55. The van der Waals surface area contributed by atoms with Gasteiger partial charge in [0.05, 0.1) is 16.7 Å². The fourth-order valence-corrected chi connectivity index (χ4v) is 6.85. The van der Waals surface area contributed by atoms with Gasteiger partial charge < -0.3 is 10.2 Å². The number of imidazole rings is 1. The fourth-order valence-electron chi connectivity index (χ4n) is 6.64. The van der Waals surface area contributed by atoms with E-state index in [4.69, 9.17) is 21.6 Å². The molecule has 0 unspecified atom stereocenters. The van der Waals surface area contributed by atoms with Gasteiger partial charge in [-0.1, -0.05) is 54.1 Å². The minimum absolute atomic E-state index is 0.205. The van der Waals surface area contributed by atoms with Crippen LogP contribution in [0.25, 0.3) is 33.5 Å². The number of piperazine rings is 1. The summed E-state index contributed by atoms with van der Waals surface area (Å²) in [5.74, 6) is 0.922. The molecule has 3 aromatic heterocycles. The van der Waals surface area contributed by atoms with Crippen LogP contribution in [0.2, 0.25) is 5.02 Å². The van der Waals surface area contributed by atoms with Crippen molar-refractivity contribution in [2.45, 2.75) is 20.4 Å². The number of para-hydroxylation sites is 3. The molecule has 1 aliphatic heterocycles. The number of rotatable bonds is 6. The Labute approximate surface area is 276 Å². The normalized spacial score (nSPS) is 14.0. The number of hydrogen-bond donors (Lipinski definition) is 1. The van der Waals surface area contributed by atoms with Crippen molar-refractivity contribution in [2.24, 2.45) is 0 Å². The maximum Gasteiger partial charge on any atom is 0.270 e. The first kappa shape index (κ1) is 29.2. The molecule has 9 nitrogen and oxygen atoms in total. The van der Waals surface area contributed by atoms with Crippen molar-refractivity contribution in [1.82, 2.24) is 28.8 Å². The van der Waals surface area contributed by atoms with Crippen LogP contribution in [0.5, 0.6) is 0 Å². The molecular formula is C37H33ClN8O. The first-order chi connectivity index (χ1) is 22.9. The second kappa shape index (κ2) is 11.8. The SMILES string of the molecule is Cc1cccc(C)c1-n1c(=O)c2cnc(Nc3ccc(N4CCN(Cc5cccc(Cl)c5)CC4)cc3)nc2n2c3ccccc3nc12. The Morgan fingerprint density at radius 3 is 2.34 bits per heavy atom. The summed E-state index contributed by atoms with van der Waals surface area (Å²) in [6.45, 7) is 8.81. The summed E-state index contributed by atoms with van der Waals surface area (Å²) in [5.41, 5.74) is 8.04. The summed E-state index contributed by atoms with van der Waals surface area (Å²) >= 11 is 6.18. The van der Waals surface area contributed by atoms with Gasteiger partial charge in [0.2, 0.25) is 11.7 Å². The minimum Gasteiger partial charge on any atom is -0.369 e. The van der Waals surface area contributed by atoms with Crippen molar-refractivity contribution in [3.8, 4) is 5.69 Å². The number of anilines is 3. The Hall–Kier alpha value is -5.25. The molecule has 0 saturated carbocycles. The number of aromatic nitrogens is 5. The van der Waals surface area contributed by atoms with Gasteiger partial charge in [0.1, 0.15) is 5.39 Å². The highest BCUT2D eigenvalue weighted by atomic mass is 35.5. The lowest BCUT2D eigenvalue weighted by Crippen LogP contribution is -2.45. The van der Waals surface area contributed by atoms with E-state index in [0.717, 1.165) is 71.3 Å². The Balaban J connectivity index is 1.08. The number of halogens is 1. The lowest BCUT2D eigenvalue weighted by atomic mass is 10.1. The van der Waals surface area contributed by atoms with E-state index in [2.05, 4.69) is 38.3 Å². The third-order valence-electron chi connectivity index (χ3n) is 8.98. The standard InChI is InChI=1S/C37H33ClN8O/c1-24-7-5-8-25(2)33(24)46-35(47)30-22-39-36(42-34(30)45-32-12-4-3-11-31(32)41-37(45)46)40-28-13-15-29(16-14-28)44-19-17-43(18-20-44)23-26-9-6-10-27(38)21-26/h3-16,21-22H,17-20,23H2,1-2H3,(H,39,40,42). The molecule has 1 N–H and O–H groups in total. The van der Waals surface area contributed by atoms with E-state index in [-0.39, 0.29) is 5.56 Å². The molecule has 0 spiro atoms. The van der Waals surface area contributed by atoms with E-state index in [0.29, 0.717) is 22.8 Å². The Bertz CT molecular complexity index is 2320. The van der Waals surface area contributed by atoms with Crippen LogP contribution in [0, 0.1) is 13.8 Å². The smallest absolute Gasteiger partial charge is 0.270 e. The summed E-state index contributed by atoms with van der Waals surface area (Å²) in [4.78, 5) is 33.4. The van der Waals surface area contributed by atoms with Crippen molar-refractivity contribution < 1.29 is 0 Å². The molecule has 10 heteroatoms. The van der Waals surface area contributed by atoms with Crippen molar-refractivity contribution in [3.05, 3.63) is 129 Å². The first-order valence-corrected chi connectivity index (χ1v) is 16.2. The van der Waals surface area contributed by atoms with E-state index in [1.165, 1.54) is 11.3 Å². The zero-order valence-corrected chi connectivity index (χ0v) is 26.9. The number of benzene rings is 4. The van der Waals surface area contributed by atoms with Crippen LogP contribution >= 0.6 is 11.6 Å². The van der Waals surface area contributed by atoms with Gasteiger partial charge in [-0.15, -0.1) is 0 Å². The largest absolute Gasteiger partial charge is 0.369 e. The van der Waals surface area contributed by atoms with Crippen LogP contribution in [0.1, 0.15) is 16.7 Å². The lowest BCUT2D eigenvalue weighted by Gasteiger charge is -2.36. The van der Waals surface area contributed by atoms with Gasteiger partial charge in [0.15, 0.2) is 5.65 Å². The molecule has 1 fully saturated rings. The van der Waals surface area contributed by atoms with Crippen LogP contribution in [0.4, 0.5) is 17.3 Å². The van der Waals surface area contributed by atoms with Crippen molar-refractivity contribution in [2.75, 3.05) is 36.4 Å². The van der Waals surface area contributed by atoms with Crippen LogP contribution in [0.3, 0.4) is 0 Å². The van der Waals surface area contributed by atoms with E-state index in [9.17, 15) is 4.79 Å². The summed E-state index contributed by atoms with van der Waals surface area (Å²) < 4.78 is 3.65. The average molecular weight is 641 g/mol. The Morgan fingerprint density at radius 1 is 0.830 bits per heavy atom. The molecule has 0 atom stereocenters. The quantitative estimate of drug-likeness (QED) is 0.211.